The predicted octanol–water partition coefficient (Wildman–Crippen LogP) is 1.98. The summed E-state index contributed by atoms with van der Waals surface area (Å²) in [4.78, 5) is 24.6. The van der Waals surface area contributed by atoms with Crippen LogP contribution in [0, 0.1) is 0 Å². The number of para-hydroxylation sites is 1. The van der Waals surface area contributed by atoms with E-state index in [0.29, 0.717) is 19.5 Å². The third kappa shape index (κ3) is 4.28. The highest BCUT2D eigenvalue weighted by Gasteiger charge is 2.30. The topological polar surface area (TPSA) is 49.4 Å². The van der Waals surface area contributed by atoms with Crippen molar-refractivity contribution in [3.63, 3.8) is 0 Å². The molecule has 1 aromatic carbocycles. The first-order chi connectivity index (χ1) is 9.15. The highest BCUT2D eigenvalue weighted by atomic mass is 32.2. The summed E-state index contributed by atoms with van der Waals surface area (Å²) in [5, 5.41) is 3.49. The molecule has 5 heteroatoms. The molecule has 1 aromatic rings. The van der Waals surface area contributed by atoms with E-state index < -0.39 is 0 Å². The maximum Gasteiger partial charge on any atom is 0.223 e. The molecule has 0 radical (unpaired) electrons. The molecule has 1 atom stereocenters. The Balaban J connectivity index is 1.74. The van der Waals surface area contributed by atoms with E-state index in [1.54, 1.807) is 6.92 Å². The molecule has 4 nitrogen and oxygen atoms in total. The first-order valence-corrected chi connectivity index (χ1v) is 7.27. The Kier molecular flexibility index (Phi) is 4.85. The van der Waals surface area contributed by atoms with Gasteiger partial charge >= 0.3 is 0 Å². The lowest BCUT2D eigenvalue weighted by atomic mass is 10.3. The van der Waals surface area contributed by atoms with Gasteiger partial charge < -0.3 is 10.2 Å². The largest absolute Gasteiger partial charge is 0.383 e. The molecule has 0 bridgehead atoms. The summed E-state index contributed by atoms with van der Waals surface area (Å²) in [6.07, 6.45) is 0.482. The third-order valence-electron chi connectivity index (χ3n) is 3.00. The van der Waals surface area contributed by atoms with Gasteiger partial charge in [0, 0.05) is 43.9 Å². The number of nitrogens with one attached hydrogen (secondary N) is 1. The van der Waals surface area contributed by atoms with Gasteiger partial charge in [0.2, 0.25) is 5.91 Å². The summed E-state index contributed by atoms with van der Waals surface area (Å²) in [5.41, 5.74) is 1.06. The fourth-order valence-corrected chi connectivity index (χ4v) is 3.11. The third-order valence-corrected chi connectivity index (χ3v) is 3.98. The lowest BCUT2D eigenvalue weighted by Crippen LogP contribution is -2.30. The average molecular weight is 278 g/mol. The number of carbonyl (C=O) groups is 2. The molecule has 1 unspecified atom stereocenters. The van der Waals surface area contributed by atoms with Crippen molar-refractivity contribution in [2.24, 2.45) is 0 Å². The van der Waals surface area contributed by atoms with Crippen molar-refractivity contribution in [2.75, 3.05) is 25.0 Å². The Morgan fingerprint density at radius 1 is 1.42 bits per heavy atom. The van der Waals surface area contributed by atoms with Gasteiger partial charge in [0.25, 0.3) is 0 Å². The van der Waals surface area contributed by atoms with E-state index in [1.165, 1.54) is 11.8 Å². The monoisotopic (exact) mass is 278 g/mol. The fourth-order valence-electron chi connectivity index (χ4n) is 2.16. The van der Waals surface area contributed by atoms with Gasteiger partial charge in [-0.3, -0.25) is 9.59 Å². The molecule has 102 valence electrons. The number of hydrogen-bond donors (Lipinski definition) is 1. The molecule has 1 N–H and O–H groups in total. The molecule has 0 spiro atoms. The Labute approximate surface area is 117 Å². The van der Waals surface area contributed by atoms with Crippen LogP contribution in [-0.2, 0) is 9.59 Å². The molecule has 1 saturated heterocycles. The van der Waals surface area contributed by atoms with Crippen LogP contribution in [0.15, 0.2) is 30.3 Å². The average Bonchev–Trinajstić information content (AvgIpc) is 2.70. The van der Waals surface area contributed by atoms with Gasteiger partial charge in [-0.2, -0.15) is 0 Å². The van der Waals surface area contributed by atoms with Crippen molar-refractivity contribution in [1.82, 2.24) is 4.90 Å². The second-order valence-electron chi connectivity index (χ2n) is 4.57. The van der Waals surface area contributed by atoms with Crippen molar-refractivity contribution in [3.05, 3.63) is 30.3 Å². The van der Waals surface area contributed by atoms with Crippen molar-refractivity contribution in [3.8, 4) is 0 Å². The number of thioether (sulfide) groups is 1. The molecule has 1 aliphatic heterocycles. The summed E-state index contributed by atoms with van der Waals surface area (Å²) in [6.45, 7) is 3.64. The van der Waals surface area contributed by atoms with Crippen LogP contribution in [0.4, 0.5) is 5.69 Å². The molecule has 1 amide bonds. The quantitative estimate of drug-likeness (QED) is 0.895. The highest BCUT2D eigenvalue weighted by Crippen LogP contribution is 2.23. The maximum absolute atomic E-state index is 11.8. The van der Waals surface area contributed by atoms with Gasteiger partial charge in [-0.05, 0) is 12.1 Å². The molecule has 0 aromatic heterocycles. The van der Waals surface area contributed by atoms with Gasteiger partial charge in [0.15, 0.2) is 5.12 Å². The standard InChI is InChI=1S/C14H18N2O2S/c1-11(17)19-13-9-14(18)16(10-13)8-7-15-12-5-3-2-4-6-12/h2-6,13,15H,7-10H2,1H3. The Bertz CT molecular complexity index is 450. The van der Waals surface area contributed by atoms with Crippen LogP contribution in [0.3, 0.4) is 0 Å². The van der Waals surface area contributed by atoms with E-state index in [-0.39, 0.29) is 16.3 Å². The lowest BCUT2D eigenvalue weighted by Gasteiger charge is -2.17. The zero-order valence-corrected chi connectivity index (χ0v) is 11.8. The zero-order valence-electron chi connectivity index (χ0n) is 11.0. The molecular formula is C14H18N2O2S. The van der Waals surface area contributed by atoms with Crippen LogP contribution in [0.1, 0.15) is 13.3 Å². The molecule has 0 saturated carbocycles. The smallest absolute Gasteiger partial charge is 0.223 e. The second kappa shape index (κ2) is 6.61. The molecule has 1 fully saturated rings. The Hall–Kier alpha value is -1.49. The van der Waals surface area contributed by atoms with E-state index in [0.717, 1.165) is 12.2 Å². The maximum atomic E-state index is 11.8. The fraction of sp³-hybridized carbons (Fsp3) is 0.429. The normalized spacial score (nSPS) is 18.7. The minimum Gasteiger partial charge on any atom is -0.383 e. The molecule has 2 rings (SSSR count). The molecule has 0 aliphatic carbocycles. The van der Waals surface area contributed by atoms with Crippen LogP contribution in [0.2, 0.25) is 0 Å². The minimum absolute atomic E-state index is 0.0852. The van der Waals surface area contributed by atoms with Gasteiger partial charge in [-0.25, -0.2) is 0 Å². The van der Waals surface area contributed by atoms with Crippen LogP contribution >= 0.6 is 11.8 Å². The van der Waals surface area contributed by atoms with Crippen molar-refractivity contribution in [1.29, 1.82) is 0 Å². The Morgan fingerprint density at radius 2 is 2.16 bits per heavy atom. The van der Waals surface area contributed by atoms with Crippen molar-refractivity contribution in [2.45, 2.75) is 18.6 Å². The van der Waals surface area contributed by atoms with Crippen LogP contribution in [0.25, 0.3) is 0 Å². The van der Waals surface area contributed by atoms with Crippen molar-refractivity contribution < 1.29 is 9.59 Å². The number of anilines is 1. The van der Waals surface area contributed by atoms with E-state index in [2.05, 4.69) is 5.32 Å². The number of carbonyl (C=O) groups excluding carboxylic acids is 2. The van der Waals surface area contributed by atoms with Crippen LogP contribution in [-0.4, -0.2) is 40.8 Å². The summed E-state index contributed by atoms with van der Waals surface area (Å²) < 4.78 is 0. The van der Waals surface area contributed by atoms with E-state index >= 15 is 0 Å². The number of likely N-dealkylation sites (tertiary alicyclic amines) is 1. The summed E-state index contributed by atoms with van der Waals surface area (Å²) in [6, 6.07) is 9.92. The van der Waals surface area contributed by atoms with Gasteiger partial charge in [0.1, 0.15) is 0 Å². The van der Waals surface area contributed by atoms with E-state index in [9.17, 15) is 9.59 Å². The predicted molar refractivity (Wildman–Crippen MR) is 78.2 cm³/mol. The van der Waals surface area contributed by atoms with E-state index in [4.69, 9.17) is 0 Å². The second-order valence-corrected chi connectivity index (χ2v) is 6.05. The van der Waals surface area contributed by atoms with Crippen LogP contribution < -0.4 is 5.32 Å². The minimum atomic E-state index is 0.0852. The van der Waals surface area contributed by atoms with Gasteiger partial charge in [0.05, 0.1) is 0 Å². The number of benzene rings is 1. The number of rotatable bonds is 5. The van der Waals surface area contributed by atoms with E-state index in [1.807, 2.05) is 35.2 Å². The molecular weight excluding hydrogens is 260 g/mol. The summed E-state index contributed by atoms with van der Waals surface area (Å²) in [7, 11) is 0. The SMILES string of the molecule is CC(=O)SC1CC(=O)N(CCNc2ccccc2)C1. The number of nitrogens with zero attached hydrogens (tertiary/aromatic N) is 1. The molecule has 1 aliphatic rings. The summed E-state index contributed by atoms with van der Waals surface area (Å²) >= 11 is 1.28. The van der Waals surface area contributed by atoms with Crippen molar-refractivity contribution >= 4 is 28.5 Å². The highest BCUT2D eigenvalue weighted by molar-refractivity contribution is 8.14. The number of amides is 1. The van der Waals surface area contributed by atoms with Gasteiger partial charge in [-0.15, -0.1) is 0 Å². The lowest BCUT2D eigenvalue weighted by molar-refractivity contribution is -0.127. The summed E-state index contributed by atoms with van der Waals surface area (Å²) in [5.74, 6) is 0.147. The first kappa shape index (κ1) is 13.9. The molecule has 19 heavy (non-hydrogen) atoms. The first-order valence-electron chi connectivity index (χ1n) is 6.39. The van der Waals surface area contributed by atoms with Gasteiger partial charge in [-0.1, -0.05) is 30.0 Å². The van der Waals surface area contributed by atoms with Crippen LogP contribution in [0.5, 0.6) is 0 Å². The molecule has 1 heterocycles. The Morgan fingerprint density at radius 3 is 2.84 bits per heavy atom. The number of hydrogen-bond acceptors (Lipinski definition) is 4. The zero-order chi connectivity index (χ0) is 13.7.